The fourth-order valence-corrected chi connectivity index (χ4v) is 3.81. The minimum atomic E-state index is -5.65. The number of nitrogens with zero attached hydrogens (tertiary/aromatic N) is 1. The molecule has 0 bridgehead atoms. The van der Waals surface area contributed by atoms with Crippen LogP contribution in [0.25, 0.3) is 0 Å². The molecule has 0 aliphatic carbocycles. The molecule has 2 aromatic carbocycles. The molecule has 0 radical (unpaired) electrons. The average molecular weight is 611 g/mol. The lowest BCUT2D eigenvalue weighted by molar-refractivity contribution is -0.279. The van der Waals surface area contributed by atoms with Gasteiger partial charge in [0.25, 0.3) is 5.91 Å². The molecule has 5 N–H and O–H groups in total. The predicted octanol–water partition coefficient (Wildman–Crippen LogP) is 4.79. The Labute approximate surface area is 244 Å². The van der Waals surface area contributed by atoms with E-state index in [1.165, 1.54) is 18.2 Å². The number of ether oxygens (including phenoxy) is 2. The molecule has 43 heavy (non-hydrogen) atoms. The highest BCUT2D eigenvalue weighted by Crippen LogP contribution is 2.34. The molecule has 0 saturated heterocycles. The van der Waals surface area contributed by atoms with Gasteiger partial charge in [0.1, 0.15) is 11.5 Å². The second kappa shape index (κ2) is 14.5. The summed E-state index contributed by atoms with van der Waals surface area (Å²) in [4.78, 5) is 25.0. The predicted molar refractivity (Wildman–Crippen MR) is 151 cm³/mol. The Morgan fingerprint density at radius 3 is 2.28 bits per heavy atom. The Morgan fingerprint density at radius 1 is 0.953 bits per heavy atom. The van der Waals surface area contributed by atoms with Gasteiger partial charge < -0.3 is 30.7 Å². The SMILES string of the molecule is C=CC(=O)Nc1cc(NCCNCC(F)(F)C(F)(F)F)ccc1C(=O)Nc1cc(CCc2cc(OC)cc(OC)c2)[nH]n1. The van der Waals surface area contributed by atoms with Crippen LogP contribution in [0.1, 0.15) is 21.6 Å². The average Bonchev–Trinajstić information content (AvgIpc) is 3.42. The number of hydrogen-bond acceptors (Lipinski definition) is 7. The van der Waals surface area contributed by atoms with Gasteiger partial charge in [0.15, 0.2) is 5.82 Å². The van der Waals surface area contributed by atoms with Crippen molar-refractivity contribution >= 4 is 29.0 Å². The number of H-pyrrole nitrogens is 1. The third kappa shape index (κ3) is 9.43. The molecule has 2 amide bonds. The Balaban J connectivity index is 1.62. The summed E-state index contributed by atoms with van der Waals surface area (Å²) in [5.41, 5.74) is 2.28. The summed E-state index contributed by atoms with van der Waals surface area (Å²) in [6.45, 7) is 1.58. The van der Waals surface area contributed by atoms with Crippen molar-refractivity contribution in [3.05, 3.63) is 71.9 Å². The maximum atomic E-state index is 13.1. The minimum absolute atomic E-state index is 0.0209. The van der Waals surface area contributed by atoms with E-state index in [2.05, 4.69) is 32.7 Å². The van der Waals surface area contributed by atoms with E-state index in [0.717, 1.165) is 17.3 Å². The smallest absolute Gasteiger partial charge is 0.454 e. The number of aryl methyl sites for hydroxylation is 2. The standard InChI is InChI=1S/C28H31F5N6O4/c1-4-25(40)36-23-13-18(35-10-9-34-16-27(29,30)28(31,32)33)7-8-22(23)26(41)37-24-14-19(38-39-24)6-5-17-11-20(42-2)15-21(12-17)43-3/h4,7-8,11-15,34-35H,1,5-6,9-10,16H2,2-3H3,(H,36,40)(H2,37,38,39,41). The van der Waals surface area contributed by atoms with E-state index in [1.54, 1.807) is 26.4 Å². The number of anilines is 3. The van der Waals surface area contributed by atoms with Gasteiger partial charge in [-0.05, 0) is 54.8 Å². The molecular formula is C28H31F5N6O4. The maximum absolute atomic E-state index is 13.1. The van der Waals surface area contributed by atoms with Crippen molar-refractivity contribution < 1.29 is 41.0 Å². The maximum Gasteiger partial charge on any atom is 0.454 e. The van der Waals surface area contributed by atoms with E-state index in [4.69, 9.17) is 9.47 Å². The summed E-state index contributed by atoms with van der Waals surface area (Å²) >= 11 is 0. The van der Waals surface area contributed by atoms with Crippen LogP contribution >= 0.6 is 0 Å². The molecule has 0 aliphatic heterocycles. The lowest BCUT2D eigenvalue weighted by Gasteiger charge is -2.20. The Morgan fingerprint density at radius 2 is 1.65 bits per heavy atom. The number of carbonyl (C=O) groups excluding carboxylic acids is 2. The highest BCUT2D eigenvalue weighted by molar-refractivity contribution is 6.11. The van der Waals surface area contributed by atoms with Gasteiger partial charge in [-0.2, -0.15) is 27.1 Å². The molecule has 1 heterocycles. The number of aromatic amines is 1. The molecule has 232 valence electrons. The Hall–Kier alpha value is -4.66. The number of amides is 2. The molecule has 0 spiro atoms. The lowest BCUT2D eigenvalue weighted by atomic mass is 10.1. The van der Waals surface area contributed by atoms with Gasteiger partial charge in [-0.3, -0.25) is 14.7 Å². The first-order valence-electron chi connectivity index (χ1n) is 12.9. The largest absolute Gasteiger partial charge is 0.497 e. The second-order valence-electron chi connectivity index (χ2n) is 9.21. The van der Waals surface area contributed by atoms with Gasteiger partial charge in [0, 0.05) is 36.6 Å². The monoisotopic (exact) mass is 610 g/mol. The minimum Gasteiger partial charge on any atom is -0.497 e. The number of halogens is 5. The Kier molecular flexibility index (Phi) is 11.1. The lowest BCUT2D eigenvalue weighted by Crippen LogP contribution is -2.46. The first-order valence-corrected chi connectivity index (χ1v) is 12.9. The Bertz CT molecular complexity index is 1400. The van der Waals surface area contributed by atoms with Gasteiger partial charge in [-0.15, -0.1) is 0 Å². The number of benzene rings is 2. The van der Waals surface area contributed by atoms with E-state index in [0.29, 0.717) is 30.0 Å². The fourth-order valence-electron chi connectivity index (χ4n) is 3.81. The highest BCUT2D eigenvalue weighted by atomic mass is 19.4. The van der Waals surface area contributed by atoms with Crippen LogP contribution in [0, 0.1) is 0 Å². The van der Waals surface area contributed by atoms with Crippen molar-refractivity contribution in [2.75, 3.05) is 49.8 Å². The van der Waals surface area contributed by atoms with Gasteiger partial charge in [0.2, 0.25) is 5.91 Å². The molecule has 10 nitrogen and oxygen atoms in total. The zero-order valence-electron chi connectivity index (χ0n) is 23.3. The summed E-state index contributed by atoms with van der Waals surface area (Å²) in [7, 11) is 3.13. The van der Waals surface area contributed by atoms with E-state index < -0.39 is 30.5 Å². The molecule has 0 unspecified atom stereocenters. The summed E-state index contributed by atoms with van der Waals surface area (Å²) in [6.07, 6.45) is -3.44. The first kappa shape index (κ1) is 32.8. The van der Waals surface area contributed by atoms with Crippen molar-refractivity contribution in [1.29, 1.82) is 0 Å². The topological polar surface area (TPSA) is 129 Å². The third-order valence-corrected chi connectivity index (χ3v) is 6.07. The summed E-state index contributed by atoms with van der Waals surface area (Å²) in [6, 6.07) is 11.5. The summed E-state index contributed by atoms with van der Waals surface area (Å²) in [5.74, 6) is -4.47. The van der Waals surface area contributed by atoms with Gasteiger partial charge >= 0.3 is 12.1 Å². The zero-order chi connectivity index (χ0) is 31.6. The van der Waals surface area contributed by atoms with Crippen LogP contribution in [0.5, 0.6) is 11.5 Å². The molecule has 1 aromatic heterocycles. The fraction of sp³-hybridized carbons (Fsp3) is 0.321. The highest BCUT2D eigenvalue weighted by Gasteiger charge is 2.56. The van der Waals surface area contributed by atoms with Crippen LogP contribution in [0.15, 0.2) is 55.1 Å². The summed E-state index contributed by atoms with van der Waals surface area (Å²) < 4.78 is 73.5. The number of methoxy groups -OCH3 is 2. The number of carbonyl (C=O) groups is 2. The quantitative estimate of drug-likeness (QED) is 0.0951. The molecule has 15 heteroatoms. The molecule has 0 aliphatic rings. The second-order valence-corrected chi connectivity index (χ2v) is 9.21. The molecular weight excluding hydrogens is 579 g/mol. The van der Waals surface area contributed by atoms with Crippen LogP contribution in [0.3, 0.4) is 0 Å². The van der Waals surface area contributed by atoms with Crippen molar-refractivity contribution in [3.8, 4) is 11.5 Å². The third-order valence-electron chi connectivity index (χ3n) is 6.07. The molecule has 0 fully saturated rings. The normalized spacial score (nSPS) is 11.5. The number of nitrogens with one attached hydrogen (secondary N) is 5. The van der Waals surface area contributed by atoms with Crippen molar-refractivity contribution in [2.24, 2.45) is 0 Å². The van der Waals surface area contributed by atoms with Crippen LogP contribution < -0.4 is 30.7 Å². The number of rotatable bonds is 15. The van der Waals surface area contributed by atoms with E-state index in [-0.39, 0.29) is 30.2 Å². The van der Waals surface area contributed by atoms with Gasteiger partial charge in [0.05, 0.1) is 32.0 Å². The van der Waals surface area contributed by atoms with E-state index in [9.17, 15) is 31.5 Å². The van der Waals surface area contributed by atoms with Gasteiger partial charge in [-0.1, -0.05) is 6.58 Å². The van der Waals surface area contributed by atoms with Gasteiger partial charge in [-0.25, -0.2) is 0 Å². The number of alkyl halides is 5. The molecule has 3 aromatic rings. The van der Waals surface area contributed by atoms with Crippen LogP contribution in [-0.2, 0) is 17.6 Å². The number of aromatic nitrogens is 2. The number of hydrogen-bond donors (Lipinski definition) is 5. The first-order chi connectivity index (χ1) is 20.3. The molecule has 3 rings (SSSR count). The summed E-state index contributed by atoms with van der Waals surface area (Å²) in [5, 5.41) is 17.1. The van der Waals surface area contributed by atoms with Crippen LogP contribution in [-0.4, -0.2) is 68.0 Å². The van der Waals surface area contributed by atoms with Crippen LogP contribution in [0.4, 0.5) is 39.1 Å². The van der Waals surface area contributed by atoms with E-state index >= 15 is 0 Å². The molecule has 0 saturated carbocycles. The zero-order valence-corrected chi connectivity index (χ0v) is 23.3. The van der Waals surface area contributed by atoms with Crippen molar-refractivity contribution in [1.82, 2.24) is 15.5 Å². The van der Waals surface area contributed by atoms with Crippen LogP contribution in [0.2, 0.25) is 0 Å². The van der Waals surface area contributed by atoms with Crippen molar-refractivity contribution in [3.63, 3.8) is 0 Å². The van der Waals surface area contributed by atoms with E-state index in [1.807, 2.05) is 17.4 Å². The van der Waals surface area contributed by atoms with Crippen molar-refractivity contribution in [2.45, 2.75) is 24.9 Å². The molecule has 0 atom stereocenters.